The predicted octanol–water partition coefficient (Wildman–Crippen LogP) is 2.61. The van der Waals surface area contributed by atoms with Crippen LogP contribution in [0.3, 0.4) is 0 Å². The standard InChI is InChI=1S/C19H22FN3O/c20-18-7-1-4-16(14-18)5-3-9-22-10-12-23(13-11-22)19(24)17-6-2-8-21-15-17/h1-2,4,6-8,14-15H,3,5,9-13H2. The lowest BCUT2D eigenvalue weighted by Crippen LogP contribution is -2.48. The van der Waals surface area contributed by atoms with Gasteiger partial charge in [-0.1, -0.05) is 12.1 Å². The molecule has 1 aliphatic rings. The van der Waals surface area contributed by atoms with Crippen LogP contribution in [0.4, 0.5) is 4.39 Å². The molecule has 3 rings (SSSR count). The van der Waals surface area contributed by atoms with E-state index in [0.717, 1.165) is 51.1 Å². The fraction of sp³-hybridized carbons (Fsp3) is 0.368. The van der Waals surface area contributed by atoms with Gasteiger partial charge in [-0.2, -0.15) is 0 Å². The monoisotopic (exact) mass is 327 g/mol. The van der Waals surface area contributed by atoms with Gasteiger partial charge in [0, 0.05) is 38.6 Å². The molecule has 2 aromatic rings. The van der Waals surface area contributed by atoms with Crippen LogP contribution in [0, 0.1) is 5.82 Å². The van der Waals surface area contributed by atoms with Crippen molar-refractivity contribution in [2.45, 2.75) is 12.8 Å². The average molecular weight is 327 g/mol. The number of rotatable bonds is 5. The lowest BCUT2D eigenvalue weighted by atomic mass is 10.1. The van der Waals surface area contributed by atoms with Gasteiger partial charge in [0.2, 0.25) is 0 Å². The van der Waals surface area contributed by atoms with Crippen molar-refractivity contribution >= 4 is 5.91 Å². The number of benzene rings is 1. The Bertz CT molecular complexity index is 669. The van der Waals surface area contributed by atoms with E-state index in [1.165, 1.54) is 6.07 Å². The van der Waals surface area contributed by atoms with Crippen LogP contribution in [0.2, 0.25) is 0 Å². The Morgan fingerprint density at radius 3 is 2.67 bits per heavy atom. The van der Waals surface area contributed by atoms with E-state index >= 15 is 0 Å². The van der Waals surface area contributed by atoms with E-state index in [1.807, 2.05) is 11.0 Å². The maximum atomic E-state index is 13.2. The highest BCUT2D eigenvalue weighted by Crippen LogP contribution is 2.10. The molecule has 0 unspecified atom stereocenters. The fourth-order valence-electron chi connectivity index (χ4n) is 3.05. The molecule has 24 heavy (non-hydrogen) atoms. The summed E-state index contributed by atoms with van der Waals surface area (Å²) in [4.78, 5) is 20.6. The third-order valence-electron chi connectivity index (χ3n) is 4.40. The highest BCUT2D eigenvalue weighted by atomic mass is 19.1. The predicted molar refractivity (Wildman–Crippen MR) is 91.3 cm³/mol. The summed E-state index contributed by atoms with van der Waals surface area (Å²) >= 11 is 0. The molecule has 1 fully saturated rings. The number of pyridine rings is 1. The van der Waals surface area contributed by atoms with Crippen molar-refractivity contribution in [2.24, 2.45) is 0 Å². The molecule has 0 aliphatic carbocycles. The number of carbonyl (C=O) groups excluding carboxylic acids is 1. The Labute approximate surface area is 141 Å². The van der Waals surface area contributed by atoms with E-state index in [-0.39, 0.29) is 11.7 Å². The summed E-state index contributed by atoms with van der Waals surface area (Å²) in [5.41, 5.74) is 1.69. The molecule has 1 aromatic carbocycles. The van der Waals surface area contributed by atoms with E-state index in [1.54, 1.807) is 36.7 Å². The molecular formula is C19H22FN3O. The van der Waals surface area contributed by atoms with Crippen molar-refractivity contribution in [3.8, 4) is 0 Å². The van der Waals surface area contributed by atoms with Crippen LogP contribution in [0.15, 0.2) is 48.8 Å². The molecule has 1 aromatic heterocycles. The molecule has 0 atom stereocenters. The number of piperazine rings is 1. The van der Waals surface area contributed by atoms with Gasteiger partial charge in [-0.15, -0.1) is 0 Å². The van der Waals surface area contributed by atoms with Crippen LogP contribution in [0.1, 0.15) is 22.3 Å². The maximum absolute atomic E-state index is 13.2. The van der Waals surface area contributed by atoms with Gasteiger partial charge >= 0.3 is 0 Å². The second kappa shape index (κ2) is 8.02. The van der Waals surface area contributed by atoms with Crippen molar-refractivity contribution in [3.63, 3.8) is 0 Å². The van der Waals surface area contributed by atoms with Crippen molar-refractivity contribution < 1.29 is 9.18 Å². The van der Waals surface area contributed by atoms with Crippen LogP contribution in [0.5, 0.6) is 0 Å². The number of nitrogens with zero attached hydrogens (tertiary/aromatic N) is 3. The number of hydrogen-bond donors (Lipinski definition) is 0. The van der Waals surface area contributed by atoms with Gasteiger partial charge in [0.25, 0.3) is 5.91 Å². The zero-order valence-electron chi connectivity index (χ0n) is 13.7. The number of aryl methyl sites for hydroxylation is 1. The lowest BCUT2D eigenvalue weighted by molar-refractivity contribution is 0.0635. The van der Waals surface area contributed by atoms with Gasteiger partial charge < -0.3 is 4.90 Å². The zero-order valence-corrected chi connectivity index (χ0v) is 13.7. The Morgan fingerprint density at radius 1 is 1.12 bits per heavy atom. The van der Waals surface area contributed by atoms with Crippen molar-refractivity contribution in [1.29, 1.82) is 0 Å². The largest absolute Gasteiger partial charge is 0.336 e. The molecule has 2 heterocycles. The van der Waals surface area contributed by atoms with E-state index in [0.29, 0.717) is 5.56 Å². The first-order valence-corrected chi connectivity index (χ1v) is 8.38. The molecule has 1 aliphatic heterocycles. The second-order valence-electron chi connectivity index (χ2n) is 6.11. The third kappa shape index (κ3) is 4.38. The minimum atomic E-state index is -0.171. The average Bonchev–Trinajstić information content (AvgIpc) is 2.63. The highest BCUT2D eigenvalue weighted by Gasteiger charge is 2.21. The number of amides is 1. The van der Waals surface area contributed by atoms with E-state index in [4.69, 9.17) is 0 Å². The van der Waals surface area contributed by atoms with Crippen LogP contribution >= 0.6 is 0 Å². The molecule has 4 nitrogen and oxygen atoms in total. The first kappa shape index (κ1) is 16.6. The Morgan fingerprint density at radius 2 is 1.96 bits per heavy atom. The Balaban J connectivity index is 1.41. The summed E-state index contributed by atoms with van der Waals surface area (Å²) in [6.45, 7) is 4.23. The van der Waals surface area contributed by atoms with E-state index in [2.05, 4.69) is 9.88 Å². The van der Waals surface area contributed by atoms with E-state index in [9.17, 15) is 9.18 Å². The molecule has 1 saturated heterocycles. The first-order valence-electron chi connectivity index (χ1n) is 8.38. The fourth-order valence-corrected chi connectivity index (χ4v) is 3.05. The van der Waals surface area contributed by atoms with Gasteiger partial charge in [0.05, 0.1) is 5.56 Å². The molecule has 5 heteroatoms. The van der Waals surface area contributed by atoms with Crippen molar-refractivity contribution in [3.05, 3.63) is 65.7 Å². The first-order chi connectivity index (χ1) is 11.7. The SMILES string of the molecule is O=C(c1cccnc1)N1CCN(CCCc2cccc(F)c2)CC1. The van der Waals surface area contributed by atoms with Gasteiger partial charge in [-0.25, -0.2) is 4.39 Å². The highest BCUT2D eigenvalue weighted by molar-refractivity contribution is 5.93. The summed E-state index contributed by atoms with van der Waals surface area (Å²) in [5, 5.41) is 0. The number of hydrogen-bond acceptors (Lipinski definition) is 3. The lowest BCUT2D eigenvalue weighted by Gasteiger charge is -2.34. The molecular weight excluding hydrogens is 305 g/mol. The Hall–Kier alpha value is -2.27. The molecule has 0 spiro atoms. The van der Waals surface area contributed by atoms with Gasteiger partial charge in [-0.3, -0.25) is 14.7 Å². The number of halogens is 1. The topological polar surface area (TPSA) is 36.4 Å². The van der Waals surface area contributed by atoms with E-state index < -0.39 is 0 Å². The molecule has 0 N–H and O–H groups in total. The van der Waals surface area contributed by atoms with Crippen molar-refractivity contribution in [2.75, 3.05) is 32.7 Å². The number of aromatic nitrogens is 1. The summed E-state index contributed by atoms with van der Waals surface area (Å²) in [7, 11) is 0. The quantitative estimate of drug-likeness (QED) is 0.847. The minimum Gasteiger partial charge on any atom is -0.336 e. The second-order valence-corrected chi connectivity index (χ2v) is 6.11. The normalized spacial score (nSPS) is 15.5. The Kier molecular flexibility index (Phi) is 5.54. The van der Waals surface area contributed by atoms with Gasteiger partial charge in [-0.05, 0) is 49.2 Å². The summed E-state index contributed by atoms with van der Waals surface area (Å²) in [6.07, 6.45) is 5.17. The molecule has 1 amide bonds. The van der Waals surface area contributed by atoms with Crippen LogP contribution in [0.25, 0.3) is 0 Å². The van der Waals surface area contributed by atoms with Crippen LogP contribution in [-0.4, -0.2) is 53.4 Å². The maximum Gasteiger partial charge on any atom is 0.255 e. The summed E-state index contributed by atoms with van der Waals surface area (Å²) in [5.74, 6) is -0.113. The van der Waals surface area contributed by atoms with Gasteiger partial charge in [0.15, 0.2) is 0 Å². The van der Waals surface area contributed by atoms with Gasteiger partial charge in [0.1, 0.15) is 5.82 Å². The molecule has 0 bridgehead atoms. The summed E-state index contributed by atoms with van der Waals surface area (Å²) in [6, 6.07) is 10.4. The zero-order chi connectivity index (χ0) is 16.8. The van der Waals surface area contributed by atoms with Crippen LogP contribution in [-0.2, 0) is 6.42 Å². The van der Waals surface area contributed by atoms with Crippen LogP contribution < -0.4 is 0 Å². The molecule has 0 radical (unpaired) electrons. The third-order valence-corrected chi connectivity index (χ3v) is 4.40. The minimum absolute atomic E-state index is 0.0579. The van der Waals surface area contributed by atoms with Crippen molar-refractivity contribution in [1.82, 2.24) is 14.8 Å². The molecule has 126 valence electrons. The smallest absolute Gasteiger partial charge is 0.255 e. The summed E-state index contributed by atoms with van der Waals surface area (Å²) < 4.78 is 13.2. The molecule has 0 saturated carbocycles. The number of carbonyl (C=O) groups is 1.